The zero-order valence-electron chi connectivity index (χ0n) is 8.72. The van der Waals surface area contributed by atoms with Crippen LogP contribution < -0.4 is 10.6 Å². The third-order valence-corrected chi connectivity index (χ3v) is 2.60. The van der Waals surface area contributed by atoms with Gasteiger partial charge in [-0.25, -0.2) is 0 Å². The molecule has 1 atom stereocenters. The number of amides is 1. The number of nitrogens with one attached hydrogen (secondary N) is 2. The van der Waals surface area contributed by atoms with E-state index in [1.165, 1.54) is 0 Å². The Hall–Kier alpha value is -0.220. The highest BCUT2D eigenvalue weighted by atomic mass is 32.2. The second kappa shape index (κ2) is 8.38. The first kappa shape index (κ1) is 12.8. The van der Waals surface area contributed by atoms with E-state index in [1.807, 2.05) is 20.2 Å². The predicted octanol–water partition coefficient (Wildman–Crippen LogP) is 0.711. The van der Waals surface area contributed by atoms with E-state index in [0.717, 1.165) is 25.3 Å². The van der Waals surface area contributed by atoms with Gasteiger partial charge in [0.25, 0.3) is 0 Å². The lowest BCUT2D eigenvalue weighted by atomic mass is 10.2. The second-order valence-electron chi connectivity index (χ2n) is 3.10. The summed E-state index contributed by atoms with van der Waals surface area (Å²) in [5, 5.41) is 5.95. The monoisotopic (exact) mass is 204 g/mol. The van der Waals surface area contributed by atoms with Crippen molar-refractivity contribution in [3.8, 4) is 0 Å². The fourth-order valence-electron chi connectivity index (χ4n) is 0.977. The van der Waals surface area contributed by atoms with E-state index in [9.17, 15) is 4.79 Å². The van der Waals surface area contributed by atoms with Gasteiger partial charge >= 0.3 is 0 Å². The first-order valence-electron chi connectivity index (χ1n) is 4.63. The molecule has 0 bridgehead atoms. The van der Waals surface area contributed by atoms with Crippen molar-refractivity contribution < 1.29 is 4.79 Å². The van der Waals surface area contributed by atoms with Gasteiger partial charge in [0.1, 0.15) is 0 Å². The SMILES string of the molecule is CNCCCNC(=O)[C@H](C)CSC. The highest BCUT2D eigenvalue weighted by Gasteiger charge is 2.10. The molecule has 0 radical (unpaired) electrons. The minimum atomic E-state index is 0.129. The summed E-state index contributed by atoms with van der Waals surface area (Å²) in [6.07, 6.45) is 3.01. The number of carbonyl (C=O) groups is 1. The highest BCUT2D eigenvalue weighted by Crippen LogP contribution is 2.03. The molecular weight excluding hydrogens is 184 g/mol. The van der Waals surface area contributed by atoms with Gasteiger partial charge in [-0.2, -0.15) is 11.8 Å². The van der Waals surface area contributed by atoms with E-state index in [-0.39, 0.29) is 11.8 Å². The Bertz CT molecular complexity index is 142. The van der Waals surface area contributed by atoms with Gasteiger partial charge in [0, 0.05) is 18.2 Å². The first-order valence-corrected chi connectivity index (χ1v) is 6.03. The highest BCUT2D eigenvalue weighted by molar-refractivity contribution is 7.98. The number of hydrogen-bond acceptors (Lipinski definition) is 3. The molecule has 0 aromatic rings. The lowest BCUT2D eigenvalue weighted by Gasteiger charge is -2.10. The minimum Gasteiger partial charge on any atom is -0.356 e. The Morgan fingerprint density at radius 1 is 1.46 bits per heavy atom. The standard InChI is InChI=1S/C9H20N2OS/c1-8(7-13-3)9(12)11-6-4-5-10-2/h8,10H,4-7H2,1-3H3,(H,11,12)/t8-/m1/s1. The van der Waals surface area contributed by atoms with Crippen molar-refractivity contribution in [1.82, 2.24) is 10.6 Å². The summed E-state index contributed by atoms with van der Waals surface area (Å²) in [7, 11) is 1.91. The van der Waals surface area contributed by atoms with E-state index < -0.39 is 0 Å². The number of rotatable bonds is 7. The van der Waals surface area contributed by atoms with Gasteiger partial charge in [-0.3, -0.25) is 4.79 Å². The zero-order valence-corrected chi connectivity index (χ0v) is 9.54. The average Bonchev–Trinajstić information content (AvgIpc) is 2.12. The molecule has 4 heteroatoms. The van der Waals surface area contributed by atoms with Crippen molar-refractivity contribution in [1.29, 1.82) is 0 Å². The number of carbonyl (C=O) groups excluding carboxylic acids is 1. The van der Waals surface area contributed by atoms with Crippen LogP contribution in [0.1, 0.15) is 13.3 Å². The minimum absolute atomic E-state index is 0.129. The molecule has 1 amide bonds. The molecule has 0 aliphatic rings. The van der Waals surface area contributed by atoms with Crippen molar-refractivity contribution in [2.45, 2.75) is 13.3 Å². The van der Waals surface area contributed by atoms with Crippen molar-refractivity contribution in [3.63, 3.8) is 0 Å². The lowest BCUT2D eigenvalue weighted by Crippen LogP contribution is -2.32. The summed E-state index contributed by atoms with van der Waals surface area (Å²) in [4.78, 5) is 11.4. The molecule has 0 aliphatic carbocycles. The predicted molar refractivity (Wildman–Crippen MR) is 59.1 cm³/mol. The van der Waals surface area contributed by atoms with E-state index in [2.05, 4.69) is 10.6 Å². The largest absolute Gasteiger partial charge is 0.356 e. The van der Waals surface area contributed by atoms with Crippen LogP contribution in [0.4, 0.5) is 0 Å². The van der Waals surface area contributed by atoms with Crippen LogP contribution in [0, 0.1) is 5.92 Å². The van der Waals surface area contributed by atoms with Gasteiger partial charge in [0.05, 0.1) is 0 Å². The van der Waals surface area contributed by atoms with E-state index in [0.29, 0.717) is 0 Å². The maximum Gasteiger partial charge on any atom is 0.223 e. The van der Waals surface area contributed by atoms with Gasteiger partial charge in [-0.1, -0.05) is 6.92 Å². The van der Waals surface area contributed by atoms with Crippen LogP contribution in [0.15, 0.2) is 0 Å². The van der Waals surface area contributed by atoms with E-state index in [4.69, 9.17) is 0 Å². The maximum atomic E-state index is 11.4. The maximum absolute atomic E-state index is 11.4. The molecule has 3 nitrogen and oxygen atoms in total. The average molecular weight is 204 g/mol. The summed E-state index contributed by atoms with van der Waals surface area (Å²) >= 11 is 1.71. The molecule has 13 heavy (non-hydrogen) atoms. The van der Waals surface area contributed by atoms with Crippen LogP contribution in [-0.2, 0) is 4.79 Å². The lowest BCUT2D eigenvalue weighted by molar-refractivity contribution is -0.123. The summed E-state index contributed by atoms with van der Waals surface area (Å²) in [5.74, 6) is 1.20. The first-order chi connectivity index (χ1) is 6.22. The molecule has 0 saturated carbocycles. The van der Waals surface area contributed by atoms with Gasteiger partial charge < -0.3 is 10.6 Å². The molecule has 0 saturated heterocycles. The molecule has 0 spiro atoms. The molecule has 78 valence electrons. The molecule has 2 N–H and O–H groups in total. The molecular formula is C9H20N2OS. The van der Waals surface area contributed by atoms with Gasteiger partial charge in [-0.05, 0) is 26.3 Å². The zero-order chi connectivity index (χ0) is 10.1. The third kappa shape index (κ3) is 6.90. The Morgan fingerprint density at radius 2 is 2.15 bits per heavy atom. The normalized spacial score (nSPS) is 12.5. The number of thioether (sulfide) groups is 1. The van der Waals surface area contributed by atoms with Crippen molar-refractivity contribution in [3.05, 3.63) is 0 Å². The van der Waals surface area contributed by atoms with Gasteiger partial charge in [-0.15, -0.1) is 0 Å². The van der Waals surface area contributed by atoms with Crippen molar-refractivity contribution in [2.24, 2.45) is 5.92 Å². The second-order valence-corrected chi connectivity index (χ2v) is 4.02. The van der Waals surface area contributed by atoms with Gasteiger partial charge in [0.2, 0.25) is 5.91 Å². The Kier molecular flexibility index (Phi) is 8.24. The van der Waals surface area contributed by atoms with Crippen LogP contribution in [-0.4, -0.2) is 38.1 Å². The Morgan fingerprint density at radius 3 is 2.69 bits per heavy atom. The smallest absolute Gasteiger partial charge is 0.223 e. The summed E-state index contributed by atoms with van der Waals surface area (Å²) in [6.45, 7) is 3.69. The number of hydrogen-bond donors (Lipinski definition) is 2. The fourth-order valence-corrected chi connectivity index (χ4v) is 1.63. The van der Waals surface area contributed by atoms with Crippen molar-refractivity contribution in [2.75, 3.05) is 32.1 Å². The van der Waals surface area contributed by atoms with E-state index >= 15 is 0 Å². The molecule has 0 heterocycles. The molecule has 0 aromatic heterocycles. The molecule has 0 fully saturated rings. The van der Waals surface area contributed by atoms with Crippen LogP contribution in [0.3, 0.4) is 0 Å². The van der Waals surface area contributed by atoms with E-state index in [1.54, 1.807) is 11.8 Å². The summed E-state index contributed by atoms with van der Waals surface area (Å²) in [6, 6.07) is 0. The van der Waals surface area contributed by atoms with Crippen LogP contribution in [0.25, 0.3) is 0 Å². The van der Waals surface area contributed by atoms with Crippen LogP contribution in [0.5, 0.6) is 0 Å². The molecule has 0 aromatic carbocycles. The third-order valence-electron chi connectivity index (χ3n) is 1.77. The molecule has 0 rings (SSSR count). The fraction of sp³-hybridized carbons (Fsp3) is 0.889. The topological polar surface area (TPSA) is 41.1 Å². The Labute approximate surface area is 85.0 Å². The van der Waals surface area contributed by atoms with Crippen LogP contribution in [0.2, 0.25) is 0 Å². The molecule has 0 unspecified atom stereocenters. The Balaban J connectivity index is 3.38. The quantitative estimate of drug-likeness (QED) is 0.600. The van der Waals surface area contributed by atoms with Crippen molar-refractivity contribution >= 4 is 17.7 Å². The summed E-state index contributed by atoms with van der Waals surface area (Å²) < 4.78 is 0. The van der Waals surface area contributed by atoms with Crippen LogP contribution >= 0.6 is 11.8 Å². The molecule has 0 aliphatic heterocycles. The summed E-state index contributed by atoms with van der Waals surface area (Å²) in [5.41, 5.74) is 0. The van der Waals surface area contributed by atoms with Gasteiger partial charge in [0.15, 0.2) is 0 Å².